The fourth-order valence-corrected chi connectivity index (χ4v) is 3.26. The molecule has 0 spiro atoms. The topological polar surface area (TPSA) is 77.1 Å². The van der Waals surface area contributed by atoms with Gasteiger partial charge in [0, 0.05) is 6.54 Å². The molecule has 2 aromatic rings. The van der Waals surface area contributed by atoms with E-state index in [-0.39, 0.29) is 25.0 Å². The Morgan fingerprint density at radius 1 is 1.00 bits per heavy atom. The summed E-state index contributed by atoms with van der Waals surface area (Å²) < 4.78 is 17.4. The van der Waals surface area contributed by atoms with Crippen LogP contribution in [0.25, 0.3) is 0 Å². The van der Waals surface area contributed by atoms with Crippen LogP contribution in [0.2, 0.25) is 0 Å². The molecule has 0 radical (unpaired) electrons. The van der Waals surface area contributed by atoms with Gasteiger partial charge < -0.3 is 24.4 Å². The van der Waals surface area contributed by atoms with Gasteiger partial charge in [-0.1, -0.05) is 31.2 Å². The molecule has 2 aliphatic heterocycles. The number of anilines is 1. The first kappa shape index (κ1) is 18.2. The number of ether oxygens (including phenoxy) is 3. The summed E-state index contributed by atoms with van der Waals surface area (Å²) in [7, 11) is 0. The van der Waals surface area contributed by atoms with Gasteiger partial charge in [0.2, 0.25) is 6.10 Å². The van der Waals surface area contributed by atoms with Crippen LogP contribution in [-0.2, 0) is 9.59 Å². The largest absolute Gasteiger partial charge is 0.485 e. The number of amides is 2. The van der Waals surface area contributed by atoms with Gasteiger partial charge in [0.1, 0.15) is 12.4 Å². The van der Waals surface area contributed by atoms with Crippen molar-refractivity contribution in [3.05, 3.63) is 48.5 Å². The Balaban J connectivity index is 1.57. The number of hydrogen-bond acceptors (Lipinski definition) is 5. The number of benzene rings is 2. The van der Waals surface area contributed by atoms with Gasteiger partial charge in [0.25, 0.3) is 11.8 Å². The number of nitrogens with zero attached hydrogens (tertiary/aromatic N) is 1. The Hall–Kier alpha value is -3.22. The molecular weight excluding hydrogens is 360 g/mol. The first-order chi connectivity index (χ1) is 13.7. The van der Waals surface area contributed by atoms with Crippen molar-refractivity contribution in [3.8, 4) is 17.2 Å². The zero-order valence-corrected chi connectivity index (χ0v) is 15.6. The summed E-state index contributed by atoms with van der Waals surface area (Å²) in [5.41, 5.74) is 0.620. The Kier molecular flexibility index (Phi) is 5.06. The molecule has 2 amide bonds. The molecule has 2 heterocycles. The molecule has 7 heteroatoms. The summed E-state index contributed by atoms with van der Waals surface area (Å²) in [4.78, 5) is 27.2. The third kappa shape index (κ3) is 3.47. The van der Waals surface area contributed by atoms with Gasteiger partial charge in [0.05, 0.1) is 12.2 Å². The first-order valence-electron chi connectivity index (χ1n) is 9.40. The van der Waals surface area contributed by atoms with Crippen LogP contribution < -0.4 is 24.4 Å². The lowest BCUT2D eigenvalue weighted by molar-refractivity contribution is -0.130. The maximum Gasteiger partial charge on any atom is 0.271 e. The molecular formula is C21H22N2O5. The van der Waals surface area contributed by atoms with Crippen LogP contribution in [0.4, 0.5) is 5.69 Å². The molecule has 0 aromatic heterocycles. The minimum atomic E-state index is -0.791. The third-order valence-electron chi connectivity index (χ3n) is 4.67. The Bertz CT molecular complexity index is 885. The number of nitrogens with one attached hydrogen (secondary N) is 1. The Labute approximate surface area is 163 Å². The van der Waals surface area contributed by atoms with Crippen LogP contribution >= 0.6 is 0 Å². The van der Waals surface area contributed by atoms with Crippen LogP contribution in [0.15, 0.2) is 48.5 Å². The summed E-state index contributed by atoms with van der Waals surface area (Å²) in [5.74, 6) is 1.14. The minimum Gasteiger partial charge on any atom is -0.485 e. The maximum absolute atomic E-state index is 13.2. The van der Waals surface area contributed by atoms with Gasteiger partial charge in [-0.25, -0.2) is 0 Å². The number of carbonyl (C=O) groups excluding carboxylic acids is 2. The summed E-state index contributed by atoms with van der Waals surface area (Å²) in [6, 6.07) is 14.4. The molecule has 1 N–H and O–H groups in total. The number of fused-ring (bicyclic) bond motifs is 2. The Morgan fingerprint density at radius 3 is 2.46 bits per heavy atom. The van der Waals surface area contributed by atoms with Crippen molar-refractivity contribution in [2.45, 2.75) is 25.6 Å². The molecule has 2 aromatic carbocycles. The average molecular weight is 382 g/mol. The predicted molar refractivity (Wildman–Crippen MR) is 103 cm³/mol. The van der Waals surface area contributed by atoms with Crippen molar-refractivity contribution in [1.82, 2.24) is 5.32 Å². The van der Waals surface area contributed by atoms with Gasteiger partial charge in [-0.15, -0.1) is 0 Å². The van der Waals surface area contributed by atoms with Gasteiger partial charge >= 0.3 is 0 Å². The SMILES string of the molecule is CCCNC(=O)[C@@H]1CN(C(=O)[C@H]2COc3ccccc3O2)c2ccccc2O1. The Morgan fingerprint density at radius 2 is 1.68 bits per heavy atom. The van der Waals surface area contributed by atoms with Crippen molar-refractivity contribution in [2.75, 3.05) is 24.6 Å². The smallest absolute Gasteiger partial charge is 0.271 e. The predicted octanol–water partition coefficient (Wildman–Crippen LogP) is 2.15. The van der Waals surface area contributed by atoms with E-state index >= 15 is 0 Å². The molecule has 0 fully saturated rings. The lowest BCUT2D eigenvalue weighted by atomic mass is 10.1. The molecule has 0 saturated heterocycles. The van der Waals surface area contributed by atoms with Crippen LogP contribution in [0.3, 0.4) is 0 Å². The van der Waals surface area contributed by atoms with Crippen molar-refractivity contribution >= 4 is 17.5 Å². The van der Waals surface area contributed by atoms with Crippen LogP contribution in [0.1, 0.15) is 13.3 Å². The number of carbonyl (C=O) groups is 2. The molecule has 146 valence electrons. The second-order valence-corrected chi connectivity index (χ2v) is 6.68. The van der Waals surface area contributed by atoms with E-state index in [9.17, 15) is 9.59 Å². The van der Waals surface area contributed by atoms with E-state index in [2.05, 4.69) is 5.32 Å². The van der Waals surface area contributed by atoms with E-state index in [0.717, 1.165) is 6.42 Å². The third-order valence-corrected chi connectivity index (χ3v) is 4.67. The molecule has 4 rings (SSSR count). The number of hydrogen-bond donors (Lipinski definition) is 1. The zero-order chi connectivity index (χ0) is 19.5. The zero-order valence-electron chi connectivity index (χ0n) is 15.6. The standard InChI is InChI=1S/C21H22N2O5/c1-2-11-22-20(24)18-12-23(14-7-3-4-8-15(14)27-18)21(25)19-13-26-16-9-5-6-10-17(16)28-19/h3-10,18-19H,2,11-13H2,1H3,(H,22,24)/t18-,19+/m0/s1. The molecule has 28 heavy (non-hydrogen) atoms. The minimum absolute atomic E-state index is 0.113. The summed E-state index contributed by atoms with van der Waals surface area (Å²) in [6.07, 6.45) is -0.743. The summed E-state index contributed by atoms with van der Waals surface area (Å²) >= 11 is 0. The molecule has 2 aliphatic rings. The normalized spacial score (nSPS) is 20.0. The first-order valence-corrected chi connectivity index (χ1v) is 9.40. The molecule has 0 bridgehead atoms. The maximum atomic E-state index is 13.2. The molecule has 2 atom stereocenters. The highest BCUT2D eigenvalue weighted by molar-refractivity contribution is 6.00. The lowest BCUT2D eigenvalue weighted by Crippen LogP contribution is -2.55. The number of rotatable bonds is 4. The van der Waals surface area contributed by atoms with E-state index in [1.54, 1.807) is 29.2 Å². The van der Waals surface area contributed by atoms with E-state index in [1.807, 2.05) is 31.2 Å². The van der Waals surface area contributed by atoms with Crippen molar-refractivity contribution < 1.29 is 23.8 Å². The van der Waals surface area contributed by atoms with Crippen molar-refractivity contribution in [3.63, 3.8) is 0 Å². The van der Waals surface area contributed by atoms with Crippen LogP contribution in [0, 0.1) is 0 Å². The number of para-hydroxylation sites is 4. The monoisotopic (exact) mass is 382 g/mol. The molecule has 0 unspecified atom stereocenters. The molecule has 7 nitrogen and oxygen atoms in total. The second kappa shape index (κ2) is 7.80. The fraction of sp³-hybridized carbons (Fsp3) is 0.333. The summed E-state index contributed by atoms with van der Waals surface area (Å²) in [6.45, 7) is 2.77. The van der Waals surface area contributed by atoms with Gasteiger partial charge in [-0.05, 0) is 30.7 Å². The highest BCUT2D eigenvalue weighted by Gasteiger charge is 2.38. The van der Waals surface area contributed by atoms with Gasteiger partial charge in [0.15, 0.2) is 17.6 Å². The van der Waals surface area contributed by atoms with E-state index in [4.69, 9.17) is 14.2 Å². The van der Waals surface area contributed by atoms with Gasteiger partial charge in [-0.3, -0.25) is 9.59 Å². The van der Waals surface area contributed by atoms with E-state index in [1.165, 1.54) is 0 Å². The van der Waals surface area contributed by atoms with Gasteiger partial charge in [-0.2, -0.15) is 0 Å². The molecule has 0 aliphatic carbocycles. The molecule has 0 saturated carbocycles. The fourth-order valence-electron chi connectivity index (χ4n) is 3.26. The van der Waals surface area contributed by atoms with Crippen LogP contribution in [0.5, 0.6) is 17.2 Å². The van der Waals surface area contributed by atoms with Crippen molar-refractivity contribution in [2.24, 2.45) is 0 Å². The lowest BCUT2D eigenvalue weighted by Gasteiger charge is -2.36. The highest BCUT2D eigenvalue weighted by atomic mass is 16.6. The quantitative estimate of drug-likeness (QED) is 0.877. The van der Waals surface area contributed by atoms with Crippen molar-refractivity contribution in [1.29, 1.82) is 0 Å². The highest BCUT2D eigenvalue weighted by Crippen LogP contribution is 2.36. The van der Waals surface area contributed by atoms with E-state index in [0.29, 0.717) is 29.5 Å². The van der Waals surface area contributed by atoms with Crippen LogP contribution in [-0.4, -0.2) is 43.7 Å². The summed E-state index contributed by atoms with van der Waals surface area (Å²) in [5, 5.41) is 2.83. The van der Waals surface area contributed by atoms with E-state index < -0.39 is 12.2 Å². The second-order valence-electron chi connectivity index (χ2n) is 6.68. The average Bonchev–Trinajstić information content (AvgIpc) is 2.75.